The molecule has 0 radical (unpaired) electrons. The Morgan fingerprint density at radius 1 is 0.744 bits per heavy atom. The monoisotopic (exact) mass is 750 g/mol. The summed E-state index contributed by atoms with van der Waals surface area (Å²) in [5.74, 6) is 2.76. The fourth-order valence-corrected chi connectivity index (χ4v) is 4.91. The predicted molar refractivity (Wildman–Crippen MR) is 177 cm³/mol. The first-order valence-electron chi connectivity index (χ1n) is 12.8. The molecule has 3 N–H and O–H groups in total. The van der Waals surface area contributed by atoms with E-state index in [9.17, 15) is 0 Å². The van der Waals surface area contributed by atoms with Gasteiger partial charge >= 0.3 is 0 Å². The van der Waals surface area contributed by atoms with Crippen molar-refractivity contribution in [1.29, 1.82) is 0 Å². The Hall–Kier alpha value is -2.34. The minimum atomic E-state index is 0.298. The van der Waals surface area contributed by atoms with Crippen molar-refractivity contribution in [2.24, 2.45) is 5.73 Å². The van der Waals surface area contributed by atoms with Gasteiger partial charge in [-0.15, -0.1) is 0 Å². The topological polar surface area (TPSA) is 65.7 Å². The third-order valence-corrected chi connectivity index (χ3v) is 7.66. The molecule has 0 fully saturated rings. The van der Waals surface area contributed by atoms with Crippen LogP contribution in [0.2, 0.25) is 0 Å². The van der Waals surface area contributed by atoms with E-state index in [-0.39, 0.29) is 0 Å². The molecular weight excluding hydrogens is 714 g/mol. The molecule has 4 aromatic carbocycles. The third-order valence-electron chi connectivity index (χ3n) is 6.22. The molecule has 1 unspecified atom stereocenters. The maximum absolute atomic E-state index is 5.41. The van der Waals surface area contributed by atoms with E-state index >= 15 is 0 Å². The van der Waals surface area contributed by atoms with Crippen molar-refractivity contribution in [1.82, 2.24) is 5.32 Å². The number of nitrogens with two attached hydrogens (primary N) is 1. The molecule has 7 heteroatoms. The molecule has 0 aromatic heterocycles. The number of hydrogen-bond donors (Lipinski definition) is 2. The highest BCUT2D eigenvalue weighted by Gasteiger charge is 2.21. The minimum Gasteiger partial charge on any atom is -0.497 e. The summed E-state index contributed by atoms with van der Waals surface area (Å²) in [7, 11) is 5.06. The lowest BCUT2D eigenvalue weighted by molar-refractivity contribution is 0.413. The molecule has 0 saturated carbocycles. The van der Waals surface area contributed by atoms with Gasteiger partial charge in [0.2, 0.25) is 0 Å². The number of nitrogens with one attached hydrogen (secondary N) is 1. The molecule has 0 amide bonds. The SMILES string of the molecule is COc1ccc(I)cc1.COc1ccc2c(c1)CCNC2c1ccc(I)cc1.COc1cccc(CCN)c1. The molecule has 1 aliphatic heterocycles. The quantitative estimate of drug-likeness (QED) is 0.208. The van der Waals surface area contributed by atoms with Gasteiger partial charge < -0.3 is 25.3 Å². The zero-order valence-electron chi connectivity index (χ0n) is 22.6. The summed E-state index contributed by atoms with van der Waals surface area (Å²) < 4.78 is 17.8. The molecule has 5 rings (SSSR count). The zero-order valence-corrected chi connectivity index (χ0v) is 26.9. The van der Waals surface area contributed by atoms with Crippen LogP contribution in [0, 0.1) is 7.14 Å². The fourth-order valence-electron chi connectivity index (χ4n) is 4.19. The Balaban J connectivity index is 0.000000179. The van der Waals surface area contributed by atoms with Crippen LogP contribution in [0.1, 0.15) is 28.3 Å². The van der Waals surface area contributed by atoms with Crippen LogP contribution in [-0.2, 0) is 12.8 Å². The lowest BCUT2D eigenvalue weighted by atomic mass is 9.90. The van der Waals surface area contributed by atoms with Crippen LogP contribution in [0.4, 0.5) is 0 Å². The van der Waals surface area contributed by atoms with Crippen LogP contribution in [0.3, 0.4) is 0 Å². The molecule has 5 nitrogen and oxygen atoms in total. The highest BCUT2D eigenvalue weighted by Crippen LogP contribution is 2.31. The molecule has 1 atom stereocenters. The van der Waals surface area contributed by atoms with Crippen LogP contribution >= 0.6 is 45.2 Å². The number of rotatable bonds is 6. The van der Waals surface area contributed by atoms with Crippen molar-refractivity contribution in [2.75, 3.05) is 34.4 Å². The van der Waals surface area contributed by atoms with Gasteiger partial charge in [-0.3, -0.25) is 0 Å². The molecule has 0 aliphatic carbocycles. The minimum absolute atomic E-state index is 0.298. The molecular formula is C32H36I2N2O3. The van der Waals surface area contributed by atoms with Crippen molar-refractivity contribution in [3.8, 4) is 17.2 Å². The van der Waals surface area contributed by atoms with Gasteiger partial charge in [-0.1, -0.05) is 30.3 Å². The first-order valence-corrected chi connectivity index (χ1v) is 14.9. The Morgan fingerprint density at radius 3 is 1.95 bits per heavy atom. The van der Waals surface area contributed by atoms with Gasteiger partial charge in [-0.2, -0.15) is 0 Å². The first kappa shape index (κ1) is 31.2. The maximum atomic E-state index is 5.41. The van der Waals surface area contributed by atoms with E-state index in [1.54, 1.807) is 21.3 Å². The highest BCUT2D eigenvalue weighted by molar-refractivity contribution is 14.1. The van der Waals surface area contributed by atoms with Crippen LogP contribution in [0.5, 0.6) is 17.2 Å². The van der Waals surface area contributed by atoms with E-state index in [0.717, 1.165) is 36.6 Å². The zero-order chi connectivity index (χ0) is 28.0. The molecule has 39 heavy (non-hydrogen) atoms. The van der Waals surface area contributed by atoms with Crippen molar-refractivity contribution < 1.29 is 14.2 Å². The number of hydrogen-bond acceptors (Lipinski definition) is 5. The Bertz CT molecular complexity index is 1280. The largest absolute Gasteiger partial charge is 0.497 e. The third kappa shape index (κ3) is 9.97. The molecule has 4 aromatic rings. The Labute approximate surface area is 259 Å². The van der Waals surface area contributed by atoms with Crippen molar-refractivity contribution in [3.05, 3.63) is 120 Å². The summed E-state index contributed by atoms with van der Waals surface area (Å²) in [5.41, 5.74) is 10.7. The average Bonchev–Trinajstić information content (AvgIpc) is 2.98. The normalized spacial score (nSPS) is 13.5. The summed E-state index contributed by atoms with van der Waals surface area (Å²) in [6.45, 7) is 1.70. The maximum Gasteiger partial charge on any atom is 0.119 e. The number of methoxy groups -OCH3 is 3. The second kappa shape index (κ2) is 16.7. The average molecular weight is 750 g/mol. The van der Waals surface area contributed by atoms with Gasteiger partial charge in [0.05, 0.1) is 27.4 Å². The summed E-state index contributed by atoms with van der Waals surface area (Å²) in [6.07, 6.45) is 1.98. The summed E-state index contributed by atoms with van der Waals surface area (Å²) in [5, 5.41) is 3.61. The lowest BCUT2D eigenvalue weighted by Crippen LogP contribution is -2.30. The van der Waals surface area contributed by atoms with Crippen molar-refractivity contribution in [2.45, 2.75) is 18.9 Å². The van der Waals surface area contributed by atoms with Gasteiger partial charge in [0.1, 0.15) is 17.2 Å². The molecule has 206 valence electrons. The van der Waals surface area contributed by atoms with E-state index in [2.05, 4.69) is 93.0 Å². The second-order valence-electron chi connectivity index (χ2n) is 8.80. The van der Waals surface area contributed by atoms with E-state index in [4.69, 9.17) is 19.9 Å². The van der Waals surface area contributed by atoms with Crippen LogP contribution in [-0.4, -0.2) is 34.4 Å². The van der Waals surface area contributed by atoms with Crippen molar-refractivity contribution >= 4 is 45.2 Å². The Kier molecular flexibility index (Phi) is 13.3. The number of ether oxygens (including phenoxy) is 3. The number of fused-ring (bicyclic) bond motifs is 1. The number of halogens is 2. The van der Waals surface area contributed by atoms with Gasteiger partial charge in [-0.05, 0) is 147 Å². The first-order chi connectivity index (χ1) is 19.0. The summed E-state index contributed by atoms with van der Waals surface area (Å²) in [6, 6.07) is 31.3. The van der Waals surface area contributed by atoms with Crippen molar-refractivity contribution in [3.63, 3.8) is 0 Å². The molecule has 0 bridgehead atoms. The molecule has 0 saturated heterocycles. The lowest BCUT2D eigenvalue weighted by Gasteiger charge is -2.27. The van der Waals surface area contributed by atoms with E-state index in [1.807, 2.05) is 48.5 Å². The standard InChI is InChI=1S/C16H16INO.C9H13NO.C7H7IO/c1-19-14-6-7-15-12(10-14)8-9-18-16(15)11-2-4-13(17)5-3-11;1-11-9-4-2-3-8(7-9)5-6-10;1-9-7-4-2-6(8)3-5-7/h2-7,10,16,18H,8-9H2,1H3;2-4,7H,5-6,10H2,1H3;2-5H,1H3. The van der Waals surface area contributed by atoms with Gasteiger partial charge in [0.25, 0.3) is 0 Å². The van der Waals surface area contributed by atoms with Gasteiger partial charge in [0, 0.05) is 13.7 Å². The predicted octanol–water partition coefficient (Wildman–Crippen LogP) is 7.03. The second-order valence-corrected chi connectivity index (χ2v) is 11.3. The Morgan fingerprint density at radius 2 is 1.33 bits per heavy atom. The van der Waals surface area contributed by atoms with E-state index < -0.39 is 0 Å². The summed E-state index contributed by atoms with van der Waals surface area (Å²) in [4.78, 5) is 0. The van der Waals surface area contributed by atoms with Gasteiger partial charge in [0.15, 0.2) is 0 Å². The molecule has 0 spiro atoms. The van der Waals surface area contributed by atoms with E-state index in [0.29, 0.717) is 12.6 Å². The van der Waals surface area contributed by atoms with Crippen LogP contribution in [0.15, 0.2) is 91.0 Å². The smallest absolute Gasteiger partial charge is 0.119 e. The molecule has 1 aliphatic rings. The molecule has 1 heterocycles. The van der Waals surface area contributed by atoms with Crippen LogP contribution < -0.4 is 25.3 Å². The van der Waals surface area contributed by atoms with E-state index in [1.165, 1.54) is 29.4 Å². The highest BCUT2D eigenvalue weighted by atomic mass is 127. The summed E-state index contributed by atoms with van der Waals surface area (Å²) >= 11 is 4.60. The van der Waals surface area contributed by atoms with Gasteiger partial charge in [-0.25, -0.2) is 0 Å². The number of benzene rings is 4. The van der Waals surface area contributed by atoms with Crippen LogP contribution in [0.25, 0.3) is 0 Å². The fraction of sp³-hybridized carbons (Fsp3) is 0.250.